The van der Waals surface area contributed by atoms with Crippen LogP contribution in [0.2, 0.25) is 0 Å². The van der Waals surface area contributed by atoms with Crippen molar-refractivity contribution in [2.45, 2.75) is 33.6 Å². The zero-order chi connectivity index (χ0) is 8.88. The Balaban J connectivity index is 1.80. The highest BCUT2D eigenvalue weighted by atomic mass is 16.1. The molecule has 0 aromatic heterocycles. The van der Waals surface area contributed by atoms with Gasteiger partial charge in [-0.3, -0.25) is 4.79 Å². The van der Waals surface area contributed by atoms with Crippen molar-refractivity contribution in [3.05, 3.63) is 0 Å². The zero-order valence-electron chi connectivity index (χ0n) is 8.21. The van der Waals surface area contributed by atoms with Crippen LogP contribution in [0.3, 0.4) is 0 Å². The van der Waals surface area contributed by atoms with Crippen LogP contribution in [-0.2, 0) is 4.79 Å². The van der Waals surface area contributed by atoms with Gasteiger partial charge in [-0.05, 0) is 30.1 Å². The van der Waals surface area contributed by atoms with Crippen molar-refractivity contribution < 1.29 is 4.79 Å². The Morgan fingerprint density at radius 3 is 2.33 bits per heavy atom. The lowest BCUT2D eigenvalue weighted by atomic mass is 9.41. The highest BCUT2D eigenvalue weighted by Crippen LogP contribution is 2.64. The van der Waals surface area contributed by atoms with Crippen molar-refractivity contribution in [2.75, 3.05) is 0 Å². The predicted molar refractivity (Wildman–Crippen MR) is 48.7 cm³/mol. The van der Waals surface area contributed by atoms with Gasteiger partial charge < -0.3 is 0 Å². The molecule has 3 saturated carbocycles. The molecule has 0 heterocycles. The summed E-state index contributed by atoms with van der Waals surface area (Å²) in [6.07, 6.45) is 2.29. The van der Waals surface area contributed by atoms with E-state index in [9.17, 15) is 4.79 Å². The SMILES string of the molecule is CC(C)C(=O)CC1C2CC1C2C. The number of carbonyl (C=O) groups excluding carboxylic acids is 1. The van der Waals surface area contributed by atoms with Crippen LogP contribution in [0.25, 0.3) is 0 Å². The largest absolute Gasteiger partial charge is 0.299 e. The molecule has 3 fully saturated rings. The number of ketones is 1. The monoisotopic (exact) mass is 166 g/mol. The van der Waals surface area contributed by atoms with E-state index in [4.69, 9.17) is 0 Å². The fourth-order valence-electron chi connectivity index (χ4n) is 2.74. The van der Waals surface area contributed by atoms with E-state index in [0.29, 0.717) is 5.78 Å². The summed E-state index contributed by atoms with van der Waals surface area (Å²) >= 11 is 0. The first-order chi connectivity index (χ1) is 5.61. The molecule has 0 aromatic carbocycles. The zero-order valence-corrected chi connectivity index (χ0v) is 8.21. The highest BCUT2D eigenvalue weighted by molar-refractivity contribution is 5.80. The maximum Gasteiger partial charge on any atom is 0.135 e. The van der Waals surface area contributed by atoms with Crippen LogP contribution < -0.4 is 0 Å². The van der Waals surface area contributed by atoms with Gasteiger partial charge in [0.25, 0.3) is 0 Å². The molecule has 0 saturated heterocycles. The second-order valence-electron chi connectivity index (χ2n) is 4.91. The van der Waals surface area contributed by atoms with Gasteiger partial charge >= 0.3 is 0 Å². The Morgan fingerprint density at radius 2 is 2.00 bits per heavy atom. The summed E-state index contributed by atoms with van der Waals surface area (Å²) in [5.74, 6) is 4.28. The van der Waals surface area contributed by atoms with E-state index in [1.165, 1.54) is 6.42 Å². The summed E-state index contributed by atoms with van der Waals surface area (Å²) in [5.41, 5.74) is 0. The molecule has 0 spiro atoms. The second kappa shape index (κ2) is 2.58. The third-order valence-electron chi connectivity index (χ3n) is 4.08. The maximum absolute atomic E-state index is 11.4. The molecule has 0 radical (unpaired) electrons. The molecule has 2 atom stereocenters. The van der Waals surface area contributed by atoms with Gasteiger partial charge in [0.05, 0.1) is 0 Å². The summed E-state index contributed by atoms with van der Waals surface area (Å²) in [7, 11) is 0. The van der Waals surface area contributed by atoms with Gasteiger partial charge in [0.1, 0.15) is 5.78 Å². The molecule has 3 aliphatic rings. The fraction of sp³-hybridized carbons (Fsp3) is 0.909. The topological polar surface area (TPSA) is 17.1 Å². The van der Waals surface area contributed by atoms with Gasteiger partial charge in [-0.15, -0.1) is 0 Å². The van der Waals surface area contributed by atoms with Crippen LogP contribution >= 0.6 is 0 Å². The van der Waals surface area contributed by atoms with E-state index in [0.717, 1.165) is 30.1 Å². The average molecular weight is 166 g/mol. The van der Waals surface area contributed by atoms with Gasteiger partial charge in [0.15, 0.2) is 0 Å². The fourth-order valence-corrected chi connectivity index (χ4v) is 2.74. The van der Waals surface area contributed by atoms with Gasteiger partial charge in [-0.2, -0.15) is 0 Å². The number of carbonyl (C=O) groups is 1. The van der Waals surface area contributed by atoms with E-state index in [2.05, 4.69) is 6.92 Å². The summed E-state index contributed by atoms with van der Waals surface area (Å²) in [4.78, 5) is 11.4. The van der Waals surface area contributed by atoms with E-state index < -0.39 is 0 Å². The molecular formula is C11H18O. The summed E-state index contributed by atoms with van der Waals surface area (Å²) in [6.45, 7) is 6.35. The molecule has 1 nitrogen and oxygen atoms in total. The summed E-state index contributed by atoms with van der Waals surface area (Å²) < 4.78 is 0. The number of hydrogen-bond acceptors (Lipinski definition) is 1. The Bertz CT molecular complexity index is 197. The third-order valence-corrected chi connectivity index (χ3v) is 4.08. The number of rotatable bonds is 3. The quantitative estimate of drug-likeness (QED) is 0.629. The molecule has 0 aromatic rings. The molecule has 12 heavy (non-hydrogen) atoms. The molecule has 2 unspecified atom stereocenters. The molecule has 3 rings (SSSR count). The lowest BCUT2D eigenvalue weighted by Crippen LogP contribution is -2.58. The molecule has 0 aliphatic heterocycles. The van der Waals surface area contributed by atoms with Crippen LogP contribution in [0.1, 0.15) is 33.6 Å². The first kappa shape index (κ1) is 8.28. The van der Waals surface area contributed by atoms with Crippen molar-refractivity contribution in [2.24, 2.45) is 29.6 Å². The molecule has 2 bridgehead atoms. The minimum absolute atomic E-state index is 0.250. The standard InChI is InChI=1S/C11H18O/c1-6(2)11(12)5-10-8-4-9(10)7(8)3/h6-10H,4-5H2,1-3H3. The van der Waals surface area contributed by atoms with E-state index in [1.54, 1.807) is 0 Å². The van der Waals surface area contributed by atoms with Gasteiger partial charge in [0, 0.05) is 12.3 Å². The molecule has 1 heteroatoms. The lowest BCUT2D eigenvalue weighted by Gasteiger charge is -2.64. The number of hydrogen-bond donors (Lipinski definition) is 0. The highest BCUT2D eigenvalue weighted by Gasteiger charge is 2.58. The lowest BCUT2D eigenvalue weighted by molar-refractivity contribution is -0.164. The van der Waals surface area contributed by atoms with Crippen LogP contribution in [0.15, 0.2) is 0 Å². The number of Topliss-reactive ketones (excluding diaryl/α,β-unsaturated/α-hetero) is 1. The Hall–Kier alpha value is -0.330. The van der Waals surface area contributed by atoms with Gasteiger partial charge in [-0.25, -0.2) is 0 Å². The van der Waals surface area contributed by atoms with Crippen LogP contribution in [0, 0.1) is 29.6 Å². The molecule has 0 amide bonds. The van der Waals surface area contributed by atoms with Crippen molar-refractivity contribution in [1.82, 2.24) is 0 Å². The Labute approximate surface area is 74.5 Å². The smallest absolute Gasteiger partial charge is 0.135 e. The third kappa shape index (κ3) is 0.949. The molecule has 0 N–H and O–H groups in total. The van der Waals surface area contributed by atoms with Crippen molar-refractivity contribution in [3.63, 3.8) is 0 Å². The van der Waals surface area contributed by atoms with E-state index in [1.807, 2.05) is 13.8 Å². The van der Waals surface area contributed by atoms with Gasteiger partial charge in [-0.1, -0.05) is 20.8 Å². The van der Waals surface area contributed by atoms with E-state index in [-0.39, 0.29) is 5.92 Å². The Morgan fingerprint density at radius 1 is 1.42 bits per heavy atom. The molecule has 3 aliphatic carbocycles. The first-order valence-corrected chi connectivity index (χ1v) is 5.14. The maximum atomic E-state index is 11.4. The normalized spacial score (nSPS) is 43.7. The molecule has 68 valence electrons. The molecular weight excluding hydrogens is 148 g/mol. The summed E-state index contributed by atoms with van der Waals surface area (Å²) in [5, 5.41) is 0. The minimum Gasteiger partial charge on any atom is -0.299 e. The summed E-state index contributed by atoms with van der Waals surface area (Å²) in [6, 6.07) is 0. The van der Waals surface area contributed by atoms with Crippen molar-refractivity contribution in [1.29, 1.82) is 0 Å². The van der Waals surface area contributed by atoms with Crippen LogP contribution in [0.4, 0.5) is 0 Å². The average Bonchev–Trinajstić information content (AvgIpc) is 1.95. The van der Waals surface area contributed by atoms with Gasteiger partial charge in [0.2, 0.25) is 0 Å². The second-order valence-corrected chi connectivity index (χ2v) is 4.91. The van der Waals surface area contributed by atoms with Crippen molar-refractivity contribution >= 4 is 5.78 Å². The minimum atomic E-state index is 0.250. The van der Waals surface area contributed by atoms with Crippen LogP contribution in [0.5, 0.6) is 0 Å². The Kier molecular flexibility index (Phi) is 1.78. The van der Waals surface area contributed by atoms with E-state index >= 15 is 0 Å². The predicted octanol–water partition coefficient (Wildman–Crippen LogP) is 2.50. The first-order valence-electron chi connectivity index (χ1n) is 5.14. The van der Waals surface area contributed by atoms with Crippen molar-refractivity contribution in [3.8, 4) is 0 Å². The van der Waals surface area contributed by atoms with Crippen LogP contribution in [-0.4, -0.2) is 5.78 Å².